The summed E-state index contributed by atoms with van der Waals surface area (Å²) in [7, 11) is 0. The summed E-state index contributed by atoms with van der Waals surface area (Å²) >= 11 is 0. The molecule has 1 heterocycles. The summed E-state index contributed by atoms with van der Waals surface area (Å²) in [5, 5.41) is 19.0. The third-order valence-electron chi connectivity index (χ3n) is 2.50. The van der Waals surface area contributed by atoms with Gasteiger partial charge in [0.2, 0.25) is 0 Å². The molecule has 7 heteroatoms. The molecule has 0 aromatic carbocycles. The number of aromatic nitrogens is 3. The van der Waals surface area contributed by atoms with E-state index in [1.807, 2.05) is 0 Å². The average Bonchev–Trinajstić information content (AvgIpc) is 2.82. The van der Waals surface area contributed by atoms with Gasteiger partial charge in [0.25, 0.3) is 5.91 Å². The van der Waals surface area contributed by atoms with Crippen molar-refractivity contribution in [3.63, 3.8) is 0 Å². The Hall–Kier alpha value is -1.47. The van der Waals surface area contributed by atoms with Crippen LogP contribution in [-0.4, -0.2) is 45.7 Å². The van der Waals surface area contributed by atoms with Gasteiger partial charge in [0.15, 0.2) is 5.69 Å². The predicted octanol–water partition coefficient (Wildman–Crippen LogP) is -0.481. The first-order valence-electron chi connectivity index (χ1n) is 6.27. The molecule has 0 saturated carbocycles. The van der Waals surface area contributed by atoms with Crippen LogP contribution in [0.15, 0.2) is 6.20 Å². The lowest BCUT2D eigenvalue weighted by Crippen LogP contribution is -2.24. The van der Waals surface area contributed by atoms with Gasteiger partial charge in [-0.2, -0.15) is 0 Å². The normalized spacial score (nSPS) is 10.6. The van der Waals surface area contributed by atoms with Crippen LogP contribution in [-0.2, 0) is 6.54 Å². The number of unbranched alkanes of at least 4 members (excludes halogenated alkanes) is 3. The van der Waals surface area contributed by atoms with E-state index in [1.165, 1.54) is 0 Å². The van der Waals surface area contributed by atoms with E-state index < -0.39 is 0 Å². The van der Waals surface area contributed by atoms with Crippen molar-refractivity contribution < 1.29 is 9.90 Å². The number of rotatable bonds is 9. The van der Waals surface area contributed by atoms with Gasteiger partial charge in [-0.1, -0.05) is 18.1 Å². The van der Waals surface area contributed by atoms with Gasteiger partial charge in [-0.25, -0.2) is 0 Å². The second-order valence-corrected chi connectivity index (χ2v) is 4.05. The zero-order valence-electron chi connectivity index (χ0n) is 10.5. The number of hydrogen-bond acceptors (Lipinski definition) is 5. The molecule has 0 saturated heterocycles. The van der Waals surface area contributed by atoms with Gasteiger partial charge in [-0.3, -0.25) is 9.48 Å². The Morgan fingerprint density at radius 1 is 1.39 bits per heavy atom. The lowest BCUT2D eigenvalue weighted by atomic mass is 10.2. The van der Waals surface area contributed by atoms with E-state index in [0.717, 1.165) is 25.7 Å². The summed E-state index contributed by atoms with van der Waals surface area (Å²) < 4.78 is 1.55. The molecule has 0 aliphatic heterocycles. The highest BCUT2D eigenvalue weighted by Crippen LogP contribution is 1.98. The molecule has 0 aliphatic rings. The van der Waals surface area contributed by atoms with Crippen molar-refractivity contribution in [3.05, 3.63) is 11.9 Å². The molecule has 0 atom stereocenters. The maximum Gasteiger partial charge on any atom is 0.273 e. The van der Waals surface area contributed by atoms with Gasteiger partial charge in [0.05, 0.1) is 12.7 Å². The van der Waals surface area contributed by atoms with Crippen molar-refractivity contribution in [1.29, 1.82) is 0 Å². The molecule has 0 unspecified atom stereocenters. The standard InChI is InChI=1S/C11H21N5O2/c12-5-7-16-9-10(14-15-16)11(18)13-6-3-1-2-4-8-17/h9,17H,1-8,12H2,(H,13,18). The summed E-state index contributed by atoms with van der Waals surface area (Å²) in [5.74, 6) is -0.208. The number of nitrogens with one attached hydrogen (secondary N) is 1. The van der Waals surface area contributed by atoms with E-state index in [0.29, 0.717) is 25.3 Å². The molecule has 1 rings (SSSR count). The van der Waals surface area contributed by atoms with Crippen molar-refractivity contribution in [2.45, 2.75) is 32.2 Å². The van der Waals surface area contributed by atoms with Crippen molar-refractivity contribution >= 4 is 5.91 Å². The molecular formula is C11H21N5O2. The SMILES string of the molecule is NCCn1cc(C(=O)NCCCCCCO)nn1. The van der Waals surface area contributed by atoms with Crippen LogP contribution in [0.1, 0.15) is 36.2 Å². The number of nitrogens with two attached hydrogens (primary N) is 1. The molecule has 1 aromatic heterocycles. The molecule has 0 bridgehead atoms. The Balaban J connectivity index is 2.19. The van der Waals surface area contributed by atoms with Crippen molar-refractivity contribution in [2.24, 2.45) is 5.73 Å². The predicted molar refractivity (Wildman–Crippen MR) is 67.0 cm³/mol. The quantitative estimate of drug-likeness (QED) is 0.517. The third kappa shape index (κ3) is 5.24. The first-order valence-corrected chi connectivity index (χ1v) is 6.27. The molecule has 0 aliphatic carbocycles. The molecule has 7 nitrogen and oxygen atoms in total. The Kier molecular flexibility index (Phi) is 6.97. The van der Waals surface area contributed by atoms with Crippen molar-refractivity contribution in [2.75, 3.05) is 19.7 Å². The van der Waals surface area contributed by atoms with Crippen molar-refractivity contribution in [3.8, 4) is 0 Å². The van der Waals surface area contributed by atoms with E-state index in [1.54, 1.807) is 10.9 Å². The van der Waals surface area contributed by atoms with Crippen LogP contribution in [0.3, 0.4) is 0 Å². The summed E-state index contributed by atoms with van der Waals surface area (Å²) in [6.07, 6.45) is 5.30. The highest BCUT2D eigenvalue weighted by Gasteiger charge is 2.09. The fourth-order valence-corrected chi connectivity index (χ4v) is 1.53. The second-order valence-electron chi connectivity index (χ2n) is 4.05. The first-order chi connectivity index (χ1) is 8.77. The molecule has 0 radical (unpaired) electrons. The zero-order chi connectivity index (χ0) is 13.2. The molecule has 0 spiro atoms. The van der Waals surface area contributed by atoms with Crippen LogP contribution in [0, 0.1) is 0 Å². The Bertz CT molecular complexity index is 353. The van der Waals surface area contributed by atoms with Crippen LogP contribution in [0.4, 0.5) is 0 Å². The fraction of sp³-hybridized carbons (Fsp3) is 0.727. The highest BCUT2D eigenvalue weighted by atomic mass is 16.2. The molecule has 102 valence electrons. The number of aliphatic hydroxyl groups is 1. The van der Waals surface area contributed by atoms with E-state index in [2.05, 4.69) is 15.6 Å². The number of carbonyl (C=O) groups is 1. The molecule has 1 amide bonds. The molecule has 18 heavy (non-hydrogen) atoms. The van der Waals surface area contributed by atoms with Crippen LogP contribution in [0.25, 0.3) is 0 Å². The van der Waals surface area contributed by atoms with Crippen LogP contribution in [0.5, 0.6) is 0 Å². The molecule has 4 N–H and O–H groups in total. The summed E-state index contributed by atoms with van der Waals surface area (Å²) in [4.78, 5) is 11.7. The fourth-order valence-electron chi connectivity index (χ4n) is 1.53. The summed E-state index contributed by atoms with van der Waals surface area (Å²) in [6.45, 7) is 1.88. The second kappa shape index (κ2) is 8.60. The van der Waals surface area contributed by atoms with Gasteiger partial charge >= 0.3 is 0 Å². The lowest BCUT2D eigenvalue weighted by molar-refractivity contribution is 0.0947. The third-order valence-corrected chi connectivity index (χ3v) is 2.50. The minimum atomic E-state index is -0.208. The minimum Gasteiger partial charge on any atom is -0.396 e. The van der Waals surface area contributed by atoms with Gasteiger partial charge in [-0.15, -0.1) is 5.10 Å². The maximum atomic E-state index is 11.7. The molecule has 0 fully saturated rings. The smallest absolute Gasteiger partial charge is 0.273 e. The Labute approximate surface area is 106 Å². The monoisotopic (exact) mass is 255 g/mol. The largest absolute Gasteiger partial charge is 0.396 e. The van der Waals surface area contributed by atoms with Crippen LogP contribution >= 0.6 is 0 Å². The van der Waals surface area contributed by atoms with E-state index >= 15 is 0 Å². The number of nitrogens with zero attached hydrogens (tertiary/aromatic N) is 3. The topological polar surface area (TPSA) is 106 Å². The van der Waals surface area contributed by atoms with Crippen LogP contribution < -0.4 is 11.1 Å². The number of aliphatic hydroxyl groups excluding tert-OH is 1. The van der Waals surface area contributed by atoms with Gasteiger partial charge in [0, 0.05) is 19.7 Å². The lowest BCUT2D eigenvalue weighted by Gasteiger charge is -2.02. The highest BCUT2D eigenvalue weighted by molar-refractivity contribution is 5.91. The summed E-state index contributed by atoms with van der Waals surface area (Å²) in [5.41, 5.74) is 5.70. The summed E-state index contributed by atoms with van der Waals surface area (Å²) in [6, 6.07) is 0. The number of amides is 1. The van der Waals surface area contributed by atoms with Crippen molar-refractivity contribution in [1.82, 2.24) is 20.3 Å². The van der Waals surface area contributed by atoms with Gasteiger partial charge in [-0.05, 0) is 12.8 Å². The van der Waals surface area contributed by atoms with Gasteiger partial charge in [0.1, 0.15) is 0 Å². The van der Waals surface area contributed by atoms with Crippen LogP contribution in [0.2, 0.25) is 0 Å². The van der Waals surface area contributed by atoms with E-state index in [-0.39, 0.29) is 12.5 Å². The molecule has 1 aromatic rings. The number of hydrogen-bond donors (Lipinski definition) is 3. The Morgan fingerprint density at radius 2 is 2.17 bits per heavy atom. The minimum absolute atomic E-state index is 0.208. The first kappa shape index (κ1) is 14.6. The van der Waals surface area contributed by atoms with Gasteiger partial charge < -0.3 is 16.2 Å². The molecular weight excluding hydrogens is 234 g/mol. The zero-order valence-corrected chi connectivity index (χ0v) is 10.5. The maximum absolute atomic E-state index is 11.7. The average molecular weight is 255 g/mol. The van der Waals surface area contributed by atoms with E-state index in [9.17, 15) is 4.79 Å². The Morgan fingerprint density at radius 3 is 2.89 bits per heavy atom. The number of carbonyl (C=O) groups excluding carboxylic acids is 1. The van der Waals surface area contributed by atoms with E-state index in [4.69, 9.17) is 10.8 Å².